The second-order valence-electron chi connectivity index (χ2n) is 5.90. The van der Waals surface area contributed by atoms with Crippen LogP contribution < -0.4 is 5.32 Å². The monoisotopic (exact) mass is 346 g/mol. The van der Waals surface area contributed by atoms with Gasteiger partial charge in [-0.2, -0.15) is 0 Å². The van der Waals surface area contributed by atoms with E-state index in [1.54, 1.807) is 11.8 Å². The molecule has 2 heterocycles. The van der Waals surface area contributed by atoms with Crippen molar-refractivity contribution in [2.45, 2.75) is 44.4 Å². The minimum atomic E-state index is -0.0864. The molecule has 1 aliphatic rings. The van der Waals surface area contributed by atoms with Crippen molar-refractivity contribution in [3.63, 3.8) is 0 Å². The SMILES string of the molecule is CC(=O)Nc1cccc(-n2c(C)nnc2SCC2CCCCO2)c1. The molecule has 1 saturated heterocycles. The first-order valence-corrected chi connectivity index (χ1v) is 9.16. The zero-order chi connectivity index (χ0) is 16.9. The normalized spacial score (nSPS) is 17.7. The molecule has 3 rings (SSSR count). The lowest BCUT2D eigenvalue weighted by atomic mass is 10.1. The number of anilines is 1. The van der Waals surface area contributed by atoms with Gasteiger partial charge in [-0.1, -0.05) is 17.8 Å². The van der Waals surface area contributed by atoms with Crippen molar-refractivity contribution < 1.29 is 9.53 Å². The molecule has 2 aromatic rings. The third kappa shape index (κ3) is 4.15. The first kappa shape index (κ1) is 17.0. The number of amides is 1. The van der Waals surface area contributed by atoms with Gasteiger partial charge in [-0.05, 0) is 44.4 Å². The summed E-state index contributed by atoms with van der Waals surface area (Å²) in [5, 5.41) is 12.2. The van der Waals surface area contributed by atoms with Gasteiger partial charge in [-0.3, -0.25) is 9.36 Å². The number of hydrogen-bond acceptors (Lipinski definition) is 5. The topological polar surface area (TPSA) is 69.0 Å². The minimum absolute atomic E-state index is 0.0864. The van der Waals surface area contributed by atoms with Gasteiger partial charge >= 0.3 is 0 Å². The molecule has 6 nitrogen and oxygen atoms in total. The third-order valence-electron chi connectivity index (χ3n) is 3.89. The Bertz CT molecular complexity index is 710. The zero-order valence-corrected chi connectivity index (χ0v) is 14.8. The smallest absolute Gasteiger partial charge is 0.221 e. The van der Waals surface area contributed by atoms with Crippen molar-refractivity contribution in [1.82, 2.24) is 14.8 Å². The molecule has 7 heteroatoms. The number of nitrogens with zero attached hydrogens (tertiary/aromatic N) is 3. The van der Waals surface area contributed by atoms with Crippen LogP contribution in [0.2, 0.25) is 0 Å². The number of thioether (sulfide) groups is 1. The fraction of sp³-hybridized carbons (Fsp3) is 0.471. The molecule has 0 saturated carbocycles. The van der Waals surface area contributed by atoms with Gasteiger partial charge in [0.25, 0.3) is 0 Å². The predicted octanol–water partition coefficient (Wildman–Crippen LogP) is 3.20. The highest BCUT2D eigenvalue weighted by atomic mass is 32.2. The van der Waals surface area contributed by atoms with Crippen molar-refractivity contribution >= 4 is 23.4 Å². The van der Waals surface area contributed by atoms with Gasteiger partial charge in [0.1, 0.15) is 5.82 Å². The van der Waals surface area contributed by atoms with E-state index in [4.69, 9.17) is 4.74 Å². The molecule has 0 radical (unpaired) electrons. The van der Waals surface area contributed by atoms with Gasteiger partial charge < -0.3 is 10.1 Å². The van der Waals surface area contributed by atoms with E-state index >= 15 is 0 Å². The number of ether oxygens (including phenoxy) is 1. The Morgan fingerprint density at radius 1 is 1.42 bits per heavy atom. The fourth-order valence-corrected chi connectivity index (χ4v) is 3.83. The highest BCUT2D eigenvalue weighted by molar-refractivity contribution is 7.99. The lowest BCUT2D eigenvalue weighted by Crippen LogP contribution is -2.21. The summed E-state index contributed by atoms with van der Waals surface area (Å²) in [6.45, 7) is 4.29. The van der Waals surface area contributed by atoms with E-state index in [1.165, 1.54) is 13.3 Å². The van der Waals surface area contributed by atoms with Crippen LogP contribution in [-0.2, 0) is 9.53 Å². The molecule has 1 aliphatic heterocycles. The van der Waals surface area contributed by atoms with Crippen molar-refractivity contribution in [2.75, 3.05) is 17.7 Å². The Balaban J connectivity index is 1.78. The predicted molar refractivity (Wildman–Crippen MR) is 94.7 cm³/mol. The molecule has 0 aliphatic carbocycles. The maximum Gasteiger partial charge on any atom is 0.221 e. The molecule has 128 valence electrons. The van der Waals surface area contributed by atoms with E-state index in [0.717, 1.165) is 47.6 Å². The van der Waals surface area contributed by atoms with Crippen LogP contribution in [0.4, 0.5) is 5.69 Å². The molecule has 0 bridgehead atoms. The molecular formula is C17H22N4O2S. The molecule has 1 aromatic carbocycles. The number of carbonyl (C=O) groups excluding carboxylic acids is 1. The van der Waals surface area contributed by atoms with E-state index in [2.05, 4.69) is 15.5 Å². The van der Waals surface area contributed by atoms with Crippen LogP contribution in [-0.4, -0.2) is 39.1 Å². The Morgan fingerprint density at radius 3 is 3.04 bits per heavy atom. The third-order valence-corrected chi connectivity index (χ3v) is 4.95. The number of aryl methyl sites for hydroxylation is 1. The lowest BCUT2D eigenvalue weighted by molar-refractivity contribution is -0.114. The second-order valence-corrected chi connectivity index (χ2v) is 6.88. The Morgan fingerprint density at radius 2 is 2.29 bits per heavy atom. The number of benzene rings is 1. The summed E-state index contributed by atoms with van der Waals surface area (Å²) in [5.74, 6) is 1.61. The molecule has 1 amide bonds. The van der Waals surface area contributed by atoms with Crippen LogP contribution in [0.3, 0.4) is 0 Å². The van der Waals surface area contributed by atoms with E-state index in [1.807, 2.05) is 35.8 Å². The Labute approximate surface area is 146 Å². The molecule has 1 aromatic heterocycles. The highest BCUT2D eigenvalue weighted by Gasteiger charge is 2.17. The van der Waals surface area contributed by atoms with Gasteiger partial charge in [-0.15, -0.1) is 10.2 Å². The fourth-order valence-electron chi connectivity index (χ4n) is 2.77. The van der Waals surface area contributed by atoms with Gasteiger partial charge in [0, 0.05) is 25.0 Å². The van der Waals surface area contributed by atoms with Gasteiger partial charge in [0.15, 0.2) is 5.16 Å². The summed E-state index contributed by atoms with van der Waals surface area (Å²) in [7, 11) is 0. The number of hydrogen-bond donors (Lipinski definition) is 1. The molecule has 1 unspecified atom stereocenters. The summed E-state index contributed by atoms with van der Waals surface area (Å²) in [6, 6.07) is 7.70. The summed E-state index contributed by atoms with van der Waals surface area (Å²) in [6.07, 6.45) is 3.79. The first-order chi connectivity index (χ1) is 11.6. The Kier molecular flexibility index (Phi) is 5.52. The van der Waals surface area contributed by atoms with Crippen LogP contribution in [0.25, 0.3) is 5.69 Å². The molecule has 0 spiro atoms. The second kappa shape index (κ2) is 7.81. The number of rotatable bonds is 5. The molecule has 24 heavy (non-hydrogen) atoms. The van der Waals surface area contributed by atoms with E-state index in [0.29, 0.717) is 6.10 Å². The van der Waals surface area contributed by atoms with Crippen molar-refractivity contribution in [3.8, 4) is 5.69 Å². The zero-order valence-electron chi connectivity index (χ0n) is 14.0. The molecule has 1 N–H and O–H groups in total. The maximum atomic E-state index is 11.3. The maximum absolute atomic E-state index is 11.3. The summed E-state index contributed by atoms with van der Waals surface area (Å²) >= 11 is 1.67. The Hall–Kier alpha value is -1.86. The molecular weight excluding hydrogens is 324 g/mol. The number of aromatic nitrogens is 3. The minimum Gasteiger partial charge on any atom is -0.377 e. The van der Waals surface area contributed by atoms with Gasteiger partial charge in [-0.25, -0.2) is 0 Å². The summed E-state index contributed by atoms with van der Waals surface area (Å²) in [4.78, 5) is 11.3. The van der Waals surface area contributed by atoms with E-state index in [9.17, 15) is 4.79 Å². The average molecular weight is 346 g/mol. The van der Waals surface area contributed by atoms with Crippen molar-refractivity contribution in [2.24, 2.45) is 0 Å². The van der Waals surface area contributed by atoms with E-state index < -0.39 is 0 Å². The standard InChI is InChI=1S/C17H22N4O2S/c1-12-19-20-17(24-11-16-8-3-4-9-23-16)21(12)15-7-5-6-14(10-15)18-13(2)22/h5-7,10,16H,3-4,8-9,11H2,1-2H3,(H,18,22). The van der Waals surface area contributed by atoms with Gasteiger partial charge in [0.05, 0.1) is 11.8 Å². The average Bonchev–Trinajstić information content (AvgIpc) is 2.94. The van der Waals surface area contributed by atoms with Crippen LogP contribution in [0, 0.1) is 6.92 Å². The van der Waals surface area contributed by atoms with Crippen molar-refractivity contribution in [3.05, 3.63) is 30.1 Å². The molecule has 1 atom stereocenters. The van der Waals surface area contributed by atoms with Crippen LogP contribution in [0.1, 0.15) is 32.0 Å². The van der Waals surface area contributed by atoms with Crippen LogP contribution in [0.15, 0.2) is 29.4 Å². The first-order valence-electron chi connectivity index (χ1n) is 8.18. The highest BCUT2D eigenvalue weighted by Crippen LogP contribution is 2.26. The summed E-state index contributed by atoms with van der Waals surface area (Å²) < 4.78 is 7.80. The van der Waals surface area contributed by atoms with Crippen LogP contribution >= 0.6 is 11.8 Å². The largest absolute Gasteiger partial charge is 0.377 e. The van der Waals surface area contributed by atoms with Crippen LogP contribution in [0.5, 0.6) is 0 Å². The quantitative estimate of drug-likeness (QED) is 0.842. The number of carbonyl (C=O) groups is 1. The van der Waals surface area contributed by atoms with E-state index in [-0.39, 0.29) is 5.91 Å². The number of nitrogens with one attached hydrogen (secondary N) is 1. The summed E-state index contributed by atoms with van der Waals surface area (Å²) in [5.41, 5.74) is 1.70. The lowest BCUT2D eigenvalue weighted by Gasteiger charge is -2.21. The van der Waals surface area contributed by atoms with Crippen molar-refractivity contribution in [1.29, 1.82) is 0 Å². The van der Waals surface area contributed by atoms with Gasteiger partial charge in [0.2, 0.25) is 5.91 Å². The molecule has 1 fully saturated rings.